The third kappa shape index (κ3) is 16.5. The van der Waals surface area contributed by atoms with Gasteiger partial charge in [-0.3, -0.25) is 4.79 Å². The van der Waals surface area contributed by atoms with Crippen molar-refractivity contribution in [1.29, 1.82) is 0 Å². The zero-order valence-electron chi connectivity index (χ0n) is 25.7. The SMILES string of the molecule is CCCCCC1CC1CC1CC1CCCCCCCCOCC(COCCCCCCC(=O)OC)N(C)C. The fraction of sp³-hybridized carbons (Fsp3) is 0.970. The number of likely N-dealkylation sites (N-methyl/N-ethyl adjacent to an activating group) is 1. The van der Waals surface area contributed by atoms with E-state index in [1.54, 1.807) is 19.3 Å². The Hall–Kier alpha value is -0.650. The van der Waals surface area contributed by atoms with Crippen molar-refractivity contribution in [3.63, 3.8) is 0 Å². The zero-order valence-corrected chi connectivity index (χ0v) is 25.7. The molecule has 38 heavy (non-hydrogen) atoms. The van der Waals surface area contributed by atoms with Crippen LogP contribution in [0.4, 0.5) is 0 Å². The number of carbonyl (C=O) groups is 1. The molecule has 0 amide bonds. The lowest BCUT2D eigenvalue weighted by Gasteiger charge is -2.24. The predicted octanol–water partition coefficient (Wildman–Crippen LogP) is 8.05. The van der Waals surface area contributed by atoms with E-state index >= 15 is 0 Å². The number of rotatable bonds is 27. The molecule has 5 unspecified atom stereocenters. The van der Waals surface area contributed by atoms with Gasteiger partial charge >= 0.3 is 5.97 Å². The highest BCUT2D eigenvalue weighted by Gasteiger charge is 2.44. The van der Waals surface area contributed by atoms with Gasteiger partial charge in [-0.1, -0.05) is 84.0 Å². The summed E-state index contributed by atoms with van der Waals surface area (Å²) in [6.45, 7) is 5.43. The second-order valence-corrected chi connectivity index (χ2v) is 12.7. The Bertz CT molecular complexity index is 583. The van der Waals surface area contributed by atoms with E-state index < -0.39 is 0 Å². The molecule has 224 valence electrons. The second-order valence-electron chi connectivity index (χ2n) is 12.7. The molecule has 0 aliphatic heterocycles. The highest BCUT2D eigenvalue weighted by Crippen LogP contribution is 2.54. The van der Waals surface area contributed by atoms with Crippen LogP contribution in [0, 0.1) is 23.7 Å². The molecule has 0 bridgehead atoms. The van der Waals surface area contributed by atoms with Crippen LogP contribution in [0.1, 0.15) is 129 Å². The first-order valence-corrected chi connectivity index (χ1v) is 16.4. The minimum Gasteiger partial charge on any atom is -0.469 e. The lowest BCUT2D eigenvalue weighted by molar-refractivity contribution is -0.140. The molecular formula is C33H63NO4. The quantitative estimate of drug-likeness (QED) is 0.0783. The number of methoxy groups -OCH3 is 1. The van der Waals surface area contributed by atoms with Crippen LogP contribution >= 0.6 is 0 Å². The van der Waals surface area contributed by atoms with Crippen molar-refractivity contribution in [3.8, 4) is 0 Å². The van der Waals surface area contributed by atoms with Gasteiger partial charge in [-0.2, -0.15) is 0 Å². The van der Waals surface area contributed by atoms with Gasteiger partial charge in [0.1, 0.15) is 0 Å². The second kappa shape index (κ2) is 21.1. The Morgan fingerprint density at radius 2 is 1.21 bits per heavy atom. The molecule has 2 fully saturated rings. The van der Waals surface area contributed by atoms with Gasteiger partial charge in [-0.05, 0) is 76.3 Å². The highest BCUT2D eigenvalue weighted by atomic mass is 16.5. The third-order valence-corrected chi connectivity index (χ3v) is 9.03. The maximum Gasteiger partial charge on any atom is 0.305 e. The van der Waals surface area contributed by atoms with Crippen LogP contribution in [0.15, 0.2) is 0 Å². The normalized spacial score (nSPS) is 23.1. The van der Waals surface area contributed by atoms with E-state index in [0.717, 1.165) is 75.8 Å². The van der Waals surface area contributed by atoms with Crippen molar-refractivity contribution in [2.24, 2.45) is 23.7 Å². The summed E-state index contributed by atoms with van der Waals surface area (Å²) in [5.41, 5.74) is 0. The van der Waals surface area contributed by atoms with Crippen LogP contribution < -0.4 is 0 Å². The number of carbonyl (C=O) groups excluding carboxylic acids is 1. The van der Waals surface area contributed by atoms with Gasteiger partial charge in [0.05, 0.1) is 26.4 Å². The number of ether oxygens (including phenoxy) is 3. The summed E-state index contributed by atoms with van der Waals surface area (Å²) in [4.78, 5) is 13.3. The number of hydrogen-bond acceptors (Lipinski definition) is 5. The van der Waals surface area contributed by atoms with Gasteiger partial charge < -0.3 is 19.1 Å². The summed E-state index contributed by atoms with van der Waals surface area (Å²) in [7, 11) is 5.65. The Kier molecular flexibility index (Phi) is 18.7. The van der Waals surface area contributed by atoms with E-state index in [2.05, 4.69) is 30.7 Å². The molecule has 0 aromatic rings. The van der Waals surface area contributed by atoms with Crippen molar-refractivity contribution in [2.45, 2.75) is 135 Å². The van der Waals surface area contributed by atoms with Gasteiger partial charge in [0.25, 0.3) is 0 Å². The lowest BCUT2D eigenvalue weighted by Crippen LogP contribution is -2.37. The van der Waals surface area contributed by atoms with Gasteiger partial charge in [-0.15, -0.1) is 0 Å². The summed E-state index contributed by atoms with van der Waals surface area (Å²) in [6.07, 6.45) is 24.7. The first-order valence-electron chi connectivity index (χ1n) is 16.4. The summed E-state index contributed by atoms with van der Waals surface area (Å²) in [5.74, 6) is 4.31. The van der Waals surface area contributed by atoms with Crippen molar-refractivity contribution in [3.05, 3.63) is 0 Å². The molecule has 0 saturated heterocycles. The van der Waals surface area contributed by atoms with Crippen molar-refractivity contribution >= 4 is 5.97 Å². The van der Waals surface area contributed by atoms with Crippen LogP contribution in [-0.2, 0) is 19.0 Å². The van der Waals surface area contributed by atoms with E-state index in [9.17, 15) is 4.79 Å². The van der Waals surface area contributed by atoms with Crippen LogP contribution in [0.3, 0.4) is 0 Å². The monoisotopic (exact) mass is 537 g/mol. The molecule has 5 nitrogen and oxygen atoms in total. The average molecular weight is 538 g/mol. The molecule has 0 heterocycles. The summed E-state index contributed by atoms with van der Waals surface area (Å²) in [6, 6.07) is 0.312. The van der Waals surface area contributed by atoms with E-state index in [0.29, 0.717) is 12.5 Å². The zero-order chi connectivity index (χ0) is 27.4. The van der Waals surface area contributed by atoms with Crippen molar-refractivity contribution in [1.82, 2.24) is 4.90 Å². The number of nitrogens with zero attached hydrogens (tertiary/aromatic N) is 1. The summed E-state index contributed by atoms with van der Waals surface area (Å²) in [5, 5.41) is 0. The Morgan fingerprint density at radius 3 is 1.74 bits per heavy atom. The minimum atomic E-state index is -0.110. The van der Waals surface area contributed by atoms with Gasteiger partial charge in [0, 0.05) is 19.6 Å². The van der Waals surface area contributed by atoms with Crippen LogP contribution in [-0.4, -0.2) is 64.5 Å². The van der Waals surface area contributed by atoms with Gasteiger partial charge in [-0.25, -0.2) is 0 Å². The van der Waals surface area contributed by atoms with E-state index in [4.69, 9.17) is 9.47 Å². The molecule has 0 aromatic carbocycles. The van der Waals surface area contributed by atoms with Crippen molar-refractivity contribution in [2.75, 3.05) is 47.6 Å². The highest BCUT2D eigenvalue weighted by molar-refractivity contribution is 5.68. The maximum atomic E-state index is 11.1. The van der Waals surface area contributed by atoms with Gasteiger partial charge in [0.15, 0.2) is 0 Å². The van der Waals surface area contributed by atoms with E-state index in [1.807, 2.05) is 0 Å². The number of unbranched alkanes of at least 4 members (excludes halogenated alkanes) is 10. The van der Waals surface area contributed by atoms with E-state index in [-0.39, 0.29) is 5.97 Å². The fourth-order valence-corrected chi connectivity index (χ4v) is 5.98. The molecular weight excluding hydrogens is 474 g/mol. The topological polar surface area (TPSA) is 48.0 Å². The molecule has 0 spiro atoms. The largest absolute Gasteiger partial charge is 0.469 e. The molecule has 0 radical (unpaired) electrons. The first-order chi connectivity index (χ1) is 18.5. The predicted molar refractivity (Wildman–Crippen MR) is 158 cm³/mol. The lowest BCUT2D eigenvalue weighted by atomic mass is 10.0. The smallest absolute Gasteiger partial charge is 0.305 e. The maximum absolute atomic E-state index is 11.1. The minimum absolute atomic E-state index is 0.110. The first kappa shape index (κ1) is 33.6. The fourth-order valence-electron chi connectivity index (χ4n) is 5.98. The van der Waals surface area contributed by atoms with Crippen LogP contribution in [0.25, 0.3) is 0 Å². The number of esters is 1. The molecule has 2 aliphatic carbocycles. The summed E-state index contributed by atoms with van der Waals surface area (Å²) >= 11 is 0. The molecule has 2 aliphatic rings. The molecule has 5 heteroatoms. The molecule has 2 rings (SSSR count). The Balaban J connectivity index is 1.31. The van der Waals surface area contributed by atoms with E-state index in [1.165, 1.54) is 77.7 Å². The van der Waals surface area contributed by atoms with Crippen LogP contribution in [0.5, 0.6) is 0 Å². The standard InChI is InChI=1S/C33H63NO4/c1-5-6-13-18-28-23-30(28)25-31-24-29(31)19-14-9-7-8-11-16-21-37-26-32(34(2)3)27-38-22-17-12-10-15-20-33(35)36-4/h28-32H,5-27H2,1-4H3. The average Bonchev–Trinajstić information content (AvgIpc) is 3.83. The summed E-state index contributed by atoms with van der Waals surface area (Å²) < 4.78 is 16.6. The van der Waals surface area contributed by atoms with Gasteiger partial charge in [0.2, 0.25) is 0 Å². The molecule has 2 saturated carbocycles. The Morgan fingerprint density at radius 1 is 0.711 bits per heavy atom. The third-order valence-electron chi connectivity index (χ3n) is 9.03. The number of hydrogen-bond donors (Lipinski definition) is 0. The molecule has 5 atom stereocenters. The molecule has 0 N–H and O–H groups in total. The Labute approximate surface area is 236 Å². The van der Waals surface area contributed by atoms with Crippen LogP contribution in [0.2, 0.25) is 0 Å². The molecule has 0 aromatic heterocycles. The van der Waals surface area contributed by atoms with Crippen molar-refractivity contribution < 1.29 is 19.0 Å².